The van der Waals surface area contributed by atoms with Gasteiger partial charge in [-0.25, -0.2) is 4.90 Å². The third-order valence-electron chi connectivity index (χ3n) is 5.27. The van der Waals surface area contributed by atoms with Crippen molar-refractivity contribution >= 4 is 34.2 Å². The van der Waals surface area contributed by atoms with Crippen molar-refractivity contribution in [1.82, 2.24) is 0 Å². The molecule has 0 spiro atoms. The summed E-state index contributed by atoms with van der Waals surface area (Å²) in [6, 6.07) is 13.5. The van der Waals surface area contributed by atoms with Crippen LogP contribution in [0.1, 0.15) is 46.5 Å². The quantitative estimate of drug-likeness (QED) is 0.443. The standard InChI is InChI=1S/C25H23NO6/c1-3-13-32-23-18-8-6-5-7-17(18)22(28)20-21(23)25(30)26(24(20)29)16-11-9-15(10-12-16)14-19(27)31-4-2/h5-12,28H,3-4,13-14H2,1-2H3. The molecule has 1 N–H and O–H groups in total. The molecule has 0 saturated carbocycles. The van der Waals surface area contributed by atoms with Gasteiger partial charge in [0.15, 0.2) is 0 Å². The number of ether oxygens (including phenoxy) is 2. The summed E-state index contributed by atoms with van der Waals surface area (Å²) in [6.45, 7) is 4.35. The molecule has 7 heteroatoms. The Kier molecular flexibility index (Phi) is 5.81. The van der Waals surface area contributed by atoms with E-state index in [1.54, 1.807) is 55.5 Å². The highest BCUT2D eigenvalue weighted by atomic mass is 16.5. The Morgan fingerprint density at radius 1 is 0.938 bits per heavy atom. The number of imide groups is 1. The van der Waals surface area contributed by atoms with Crippen molar-refractivity contribution in [3.8, 4) is 11.5 Å². The van der Waals surface area contributed by atoms with E-state index in [9.17, 15) is 19.5 Å². The van der Waals surface area contributed by atoms with Gasteiger partial charge in [-0.05, 0) is 31.0 Å². The average Bonchev–Trinajstić information content (AvgIpc) is 3.05. The SMILES string of the molecule is CCCOc1c2c(c(O)c3ccccc13)C(=O)N(c1ccc(CC(=O)OCC)cc1)C2=O. The smallest absolute Gasteiger partial charge is 0.310 e. The van der Waals surface area contributed by atoms with Gasteiger partial charge >= 0.3 is 5.97 Å². The molecule has 1 aliphatic rings. The second-order valence-electron chi connectivity index (χ2n) is 7.42. The van der Waals surface area contributed by atoms with Gasteiger partial charge in [-0.1, -0.05) is 43.3 Å². The minimum atomic E-state index is -0.618. The highest BCUT2D eigenvalue weighted by Crippen LogP contribution is 2.45. The summed E-state index contributed by atoms with van der Waals surface area (Å²) in [5.41, 5.74) is 1.05. The van der Waals surface area contributed by atoms with Crippen LogP contribution in [0.15, 0.2) is 48.5 Å². The lowest BCUT2D eigenvalue weighted by atomic mass is 9.99. The fourth-order valence-corrected chi connectivity index (χ4v) is 3.85. The van der Waals surface area contributed by atoms with Crippen LogP contribution in [0.3, 0.4) is 0 Å². The first-order valence-electron chi connectivity index (χ1n) is 10.5. The molecule has 0 atom stereocenters. The molecule has 1 aliphatic heterocycles. The zero-order chi connectivity index (χ0) is 22.8. The molecule has 32 heavy (non-hydrogen) atoms. The van der Waals surface area contributed by atoms with Crippen LogP contribution in [0, 0.1) is 0 Å². The van der Waals surface area contributed by atoms with E-state index in [2.05, 4.69) is 0 Å². The topological polar surface area (TPSA) is 93.1 Å². The highest BCUT2D eigenvalue weighted by Gasteiger charge is 2.43. The summed E-state index contributed by atoms with van der Waals surface area (Å²) < 4.78 is 10.8. The molecular weight excluding hydrogens is 410 g/mol. The summed E-state index contributed by atoms with van der Waals surface area (Å²) in [6.07, 6.45) is 0.815. The number of nitrogens with zero attached hydrogens (tertiary/aromatic N) is 1. The van der Waals surface area contributed by atoms with Crippen LogP contribution < -0.4 is 9.64 Å². The molecule has 0 aliphatic carbocycles. The Morgan fingerprint density at radius 3 is 2.25 bits per heavy atom. The van der Waals surface area contributed by atoms with Gasteiger partial charge in [0.2, 0.25) is 0 Å². The van der Waals surface area contributed by atoms with Crippen molar-refractivity contribution in [2.45, 2.75) is 26.7 Å². The molecule has 2 amide bonds. The number of carbonyl (C=O) groups is 3. The number of hydrogen-bond donors (Lipinski definition) is 1. The van der Waals surface area contributed by atoms with Crippen molar-refractivity contribution in [2.75, 3.05) is 18.1 Å². The molecular formula is C25H23NO6. The van der Waals surface area contributed by atoms with Gasteiger partial charge in [-0.2, -0.15) is 0 Å². The molecule has 3 aromatic carbocycles. The van der Waals surface area contributed by atoms with E-state index in [0.717, 1.165) is 11.3 Å². The van der Waals surface area contributed by atoms with E-state index < -0.39 is 11.8 Å². The average molecular weight is 433 g/mol. The van der Waals surface area contributed by atoms with Crippen molar-refractivity contribution < 1.29 is 29.0 Å². The van der Waals surface area contributed by atoms with Gasteiger partial charge in [0, 0.05) is 10.8 Å². The number of carbonyl (C=O) groups excluding carboxylic acids is 3. The maximum atomic E-state index is 13.4. The first-order valence-corrected chi connectivity index (χ1v) is 10.5. The van der Waals surface area contributed by atoms with Gasteiger partial charge in [0.1, 0.15) is 11.5 Å². The predicted octanol–water partition coefficient (Wildman–Crippen LogP) is 4.24. The van der Waals surface area contributed by atoms with Gasteiger partial charge in [-0.3, -0.25) is 14.4 Å². The van der Waals surface area contributed by atoms with Crippen LogP contribution in [0.4, 0.5) is 5.69 Å². The van der Waals surface area contributed by atoms with Crippen LogP contribution in [-0.2, 0) is 16.0 Å². The molecule has 0 bridgehead atoms. The van der Waals surface area contributed by atoms with E-state index in [1.807, 2.05) is 6.92 Å². The number of esters is 1. The molecule has 7 nitrogen and oxygen atoms in total. The number of phenols is 1. The minimum absolute atomic E-state index is 0.0598. The van der Waals surface area contributed by atoms with Gasteiger partial charge < -0.3 is 14.6 Å². The minimum Gasteiger partial charge on any atom is -0.506 e. The van der Waals surface area contributed by atoms with Gasteiger partial charge in [0.05, 0.1) is 36.4 Å². The second-order valence-corrected chi connectivity index (χ2v) is 7.42. The number of anilines is 1. The Morgan fingerprint density at radius 2 is 1.59 bits per heavy atom. The van der Waals surface area contributed by atoms with Crippen molar-refractivity contribution in [1.29, 1.82) is 0 Å². The molecule has 164 valence electrons. The molecule has 0 radical (unpaired) electrons. The molecule has 3 aromatic rings. The zero-order valence-corrected chi connectivity index (χ0v) is 17.9. The molecule has 0 aromatic heterocycles. The first-order chi connectivity index (χ1) is 15.5. The van der Waals surface area contributed by atoms with E-state index >= 15 is 0 Å². The van der Waals surface area contributed by atoms with Crippen LogP contribution in [-0.4, -0.2) is 36.1 Å². The number of phenolic OH excluding ortho intramolecular Hbond substituents is 1. The molecule has 0 saturated heterocycles. The van der Waals surface area contributed by atoms with Crippen LogP contribution in [0.25, 0.3) is 10.8 Å². The van der Waals surface area contributed by atoms with Crippen molar-refractivity contribution in [3.05, 3.63) is 65.2 Å². The number of hydrogen-bond acceptors (Lipinski definition) is 6. The number of rotatable bonds is 7. The number of benzene rings is 3. The number of amides is 2. The Balaban J connectivity index is 1.76. The highest BCUT2D eigenvalue weighted by molar-refractivity contribution is 6.38. The van der Waals surface area contributed by atoms with Gasteiger partial charge in [-0.15, -0.1) is 0 Å². The third-order valence-corrected chi connectivity index (χ3v) is 5.27. The molecule has 4 rings (SSSR count). The maximum Gasteiger partial charge on any atom is 0.310 e. The molecule has 0 fully saturated rings. The fraction of sp³-hybridized carbons (Fsp3) is 0.240. The Hall–Kier alpha value is -3.87. The third kappa shape index (κ3) is 3.56. The van der Waals surface area contributed by atoms with E-state index in [1.165, 1.54) is 0 Å². The lowest BCUT2D eigenvalue weighted by molar-refractivity contribution is -0.142. The second kappa shape index (κ2) is 8.70. The predicted molar refractivity (Wildman–Crippen MR) is 119 cm³/mol. The normalized spacial score (nSPS) is 12.9. The number of fused-ring (bicyclic) bond motifs is 2. The monoisotopic (exact) mass is 433 g/mol. The van der Waals surface area contributed by atoms with E-state index in [0.29, 0.717) is 41.0 Å². The summed E-state index contributed by atoms with van der Waals surface area (Å²) in [5.74, 6) is -1.47. The lowest BCUT2D eigenvalue weighted by Gasteiger charge is -2.15. The molecule has 0 unspecified atom stereocenters. The zero-order valence-electron chi connectivity index (χ0n) is 17.9. The largest absolute Gasteiger partial charge is 0.506 e. The Bertz CT molecular complexity index is 1220. The summed E-state index contributed by atoms with van der Waals surface area (Å²) in [5, 5.41) is 11.9. The van der Waals surface area contributed by atoms with E-state index in [4.69, 9.17) is 9.47 Å². The van der Waals surface area contributed by atoms with Crippen LogP contribution in [0.2, 0.25) is 0 Å². The first kappa shape index (κ1) is 21.4. The fourth-order valence-electron chi connectivity index (χ4n) is 3.85. The Labute approximate surface area is 185 Å². The van der Waals surface area contributed by atoms with Crippen molar-refractivity contribution in [2.24, 2.45) is 0 Å². The van der Waals surface area contributed by atoms with Crippen molar-refractivity contribution in [3.63, 3.8) is 0 Å². The van der Waals surface area contributed by atoms with Crippen LogP contribution >= 0.6 is 0 Å². The van der Waals surface area contributed by atoms with Crippen LogP contribution in [0.5, 0.6) is 11.5 Å². The van der Waals surface area contributed by atoms with E-state index in [-0.39, 0.29) is 29.3 Å². The summed E-state index contributed by atoms with van der Waals surface area (Å²) in [7, 11) is 0. The number of aromatic hydroxyl groups is 1. The van der Waals surface area contributed by atoms with Gasteiger partial charge in [0.25, 0.3) is 11.8 Å². The maximum absolute atomic E-state index is 13.4. The lowest BCUT2D eigenvalue weighted by Crippen LogP contribution is -2.29. The summed E-state index contributed by atoms with van der Waals surface area (Å²) >= 11 is 0. The molecule has 1 heterocycles. The summed E-state index contributed by atoms with van der Waals surface area (Å²) in [4.78, 5) is 39.4.